The van der Waals surface area contributed by atoms with Crippen LogP contribution < -0.4 is 10.1 Å². The highest BCUT2D eigenvalue weighted by molar-refractivity contribution is 9.10. The van der Waals surface area contributed by atoms with Crippen LogP contribution in [0.4, 0.5) is 0 Å². The molecule has 114 valence electrons. The average molecular weight is 342 g/mol. The van der Waals surface area contributed by atoms with E-state index in [0.717, 1.165) is 25.1 Å². The first-order chi connectivity index (χ1) is 9.56. The first-order valence-electron chi connectivity index (χ1n) is 7.63. The third-order valence-electron chi connectivity index (χ3n) is 3.75. The van der Waals surface area contributed by atoms with Crippen molar-refractivity contribution in [2.75, 3.05) is 13.7 Å². The van der Waals surface area contributed by atoms with Crippen LogP contribution in [0.25, 0.3) is 0 Å². The second-order valence-corrected chi connectivity index (χ2v) is 6.25. The van der Waals surface area contributed by atoms with Crippen molar-refractivity contribution >= 4 is 15.9 Å². The predicted molar refractivity (Wildman–Crippen MR) is 90.7 cm³/mol. The molecule has 0 heterocycles. The van der Waals surface area contributed by atoms with E-state index in [1.165, 1.54) is 34.0 Å². The molecule has 0 fully saturated rings. The Balaban J connectivity index is 3.21. The number of nitrogens with one attached hydrogen (secondary N) is 1. The van der Waals surface area contributed by atoms with Gasteiger partial charge in [-0.2, -0.15) is 0 Å². The fraction of sp³-hybridized carbons (Fsp3) is 0.647. The van der Waals surface area contributed by atoms with Crippen molar-refractivity contribution in [3.05, 3.63) is 27.2 Å². The SMILES string of the molecule is CCCCC(NCCC)c1c(C)c(Br)cc(C)c1OC. The van der Waals surface area contributed by atoms with E-state index in [4.69, 9.17) is 4.74 Å². The Morgan fingerprint density at radius 1 is 1.25 bits per heavy atom. The number of hydrogen-bond acceptors (Lipinski definition) is 2. The molecule has 0 aliphatic heterocycles. The highest BCUT2D eigenvalue weighted by Gasteiger charge is 2.21. The summed E-state index contributed by atoms with van der Waals surface area (Å²) in [5.74, 6) is 1.04. The van der Waals surface area contributed by atoms with Crippen LogP contribution in [-0.2, 0) is 0 Å². The average Bonchev–Trinajstić information content (AvgIpc) is 2.43. The highest BCUT2D eigenvalue weighted by Crippen LogP contribution is 2.38. The predicted octanol–water partition coefficient (Wildman–Crippen LogP) is 5.31. The van der Waals surface area contributed by atoms with Gasteiger partial charge in [0, 0.05) is 16.1 Å². The number of rotatable bonds is 8. The summed E-state index contributed by atoms with van der Waals surface area (Å²) in [4.78, 5) is 0. The molecular formula is C17H28BrNO. The summed E-state index contributed by atoms with van der Waals surface area (Å²) in [6, 6.07) is 2.52. The summed E-state index contributed by atoms with van der Waals surface area (Å²) in [5.41, 5.74) is 3.80. The van der Waals surface area contributed by atoms with Gasteiger partial charge in [-0.15, -0.1) is 0 Å². The van der Waals surface area contributed by atoms with Crippen LogP contribution >= 0.6 is 15.9 Å². The molecule has 20 heavy (non-hydrogen) atoms. The molecule has 1 aromatic rings. The minimum atomic E-state index is 0.376. The smallest absolute Gasteiger partial charge is 0.126 e. The zero-order chi connectivity index (χ0) is 15.1. The Morgan fingerprint density at radius 3 is 2.50 bits per heavy atom. The van der Waals surface area contributed by atoms with E-state index in [1.807, 2.05) is 0 Å². The van der Waals surface area contributed by atoms with Crippen LogP contribution in [0.3, 0.4) is 0 Å². The minimum absolute atomic E-state index is 0.376. The van der Waals surface area contributed by atoms with E-state index in [9.17, 15) is 0 Å². The topological polar surface area (TPSA) is 21.3 Å². The molecule has 0 bridgehead atoms. The molecule has 0 aliphatic rings. The van der Waals surface area contributed by atoms with Gasteiger partial charge in [0.15, 0.2) is 0 Å². The number of halogens is 1. The van der Waals surface area contributed by atoms with E-state index < -0.39 is 0 Å². The summed E-state index contributed by atoms with van der Waals surface area (Å²) in [5, 5.41) is 3.69. The molecule has 0 amide bonds. The first kappa shape index (κ1) is 17.5. The van der Waals surface area contributed by atoms with Gasteiger partial charge in [-0.1, -0.05) is 42.6 Å². The van der Waals surface area contributed by atoms with E-state index in [0.29, 0.717) is 6.04 Å². The standard InChI is InChI=1S/C17H28BrNO/c1-6-8-9-15(19-10-7-2)16-13(4)14(18)11-12(3)17(16)20-5/h11,15,19H,6-10H2,1-5H3. The molecule has 1 aromatic carbocycles. The molecule has 1 N–H and O–H groups in total. The number of aryl methyl sites for hydroxylation is 1. The maximum absolute atomic E-state index is 5.69. The van der Waals surface area contributed by atoms with Gasteiger partial charge in [-0.05, 0) is 50.4 Å². The molecule has 2 nitrogen and oxygen atoms in total. The van der Waals surface area contributed by atoms with Gasteiger partial charge in [-0.3, -0.25) is 0 Å². The molecule has 0 aromatic heterocycles. The number of methoxy groups -OCH3 is 1. The molecule has 3 heteroatoms. The summed E-state index contributed by atoms with van der Waals surface area (Å²) in [6.45, 7) is 9.78. The fourth-order valence-electron chi connectivity index (χ4n) is 2.64. The van der Waals surface area contributed by atoms with Crippen LogP contribution in [0.5, 0.6) is 5.75 Å². The zero-order valence-electron chi connectivity index (χ0n) is 13.5. The molecule has 1 atom stereocenters. The largest absolute Gasteiger partial charge is 0.496 e. The third kappa shape index (κ3) is 4.23. The van der Waals surface area contributed by atoms with Gasteiger partial charge in [0.1, 0.15) is 5.75 Å². The molecule has 0 saturated heterocycles. The van der Waals surface area contributed by atoms with Crippen molar-refractivity contribution in [3.8, 4) is 5.75 Å². The Labute approximate surface area is 132 Å². The Morgan fingerprint density at radius 2 is 1.95 bits per heavy atom. The van der Waals surface area contributed by atoms with Crippen LogP contribution in [0.1, 0.15) is 62.3 Å². The molecule has 1 unspecified atom stereocenters. The van der Waals surface area contributed by atoms with Crippen molar-refractivity contribution in [2.45, 2.75) is 59.4 Å². The van der Waals surface area contributed by atoms with Crippen molar-refractivity contribution in [2.24, 2.45) is 0 Å². The van der Waals surface area contributed by atoms with Crippen LogP contribution in [-0.4, -0.2) is 13.7 Å². The van der Waals surface area contributed by atoms with Crippen molar-refractivity contribution in [1.82, 2.24) is 5.32 Å². The third-order valence-corrected chi connectivity index (χ3v) is 4.57. The summed E-state index contributed by atoms with van der Waals surface area (Å²) >= 11 is 3.68. The molecule has 1 rings (SSSR count). The zero-order valence-corrected chi connectivity index (χ0v) is 15.1. The lowest BCUT2D eigenvalue weighted by Crippen LogP contribution is -2.24. The highest BCUT2D eigenvalue weighted by atomic mass is 79.9. The van der Waals surface area contributed by atoms with Crippen LogP contribution in [0.15, 0.2) is 10.5 Å². The van der Waals surface area contributed by atoms with Crippen molar-refractivity contribution < 1.29 is 4.74 Å². The monoisotopic (exact) mass is 341 g/mol. The van der Waals surface area contributed by atoms with E-state index in [-0.39, 0.29) is 0 Å². The second kappa shape index (κ2) is 8.68. The van der Waals surface area contributed by atoms with Gasteiger partial charge >= 0.3 is 0 Å². The molecule has 0 radical (unpaired) electrons. The Bertz CT molecular complexity index is 423. The summed E-state index contributed by atoms with van der Waals surface area (Å²) in [6.07, 6.45) is 4.76. The van der Waals surface area contributed by atoms with Crippen LogP contribution in [0.2, 0.25) is 0 Å². The van der Waals surface area contributed by atoms with Gasteiger partial charge < -0.3 is 10.1 Å². The number of hydrogen-bond donors (Lipinski definition) is 1. The van der Waals surface area contributed by atoms with E-state index in [2.05, 4.69) is 55.0 Å². The summed E-state index contributed by atoms with van der Waals surface area (Å²) in [7, 11) is 1.77. The maximum Gasteiger partial charge on any atom is 0.126 e. The summed E-state index contributed by atoms with van der Waals surface area (Å²) < 4.78 is 6.86. The lowest BCUT2D eigenvalue weighted by molar-refractivity contribution is 0.388. The van der Waals surface area contributed by atoms with Gasteiger partial charge in [0.25, 0.3) is 0 Å². The number of benzene rings is 1. The Kier molecular flexibility index (Phi) is 7.60. The van der Waals surface area contributed by atoms with Crippen LogP contribution in [0, 0.1) is 13.8 Å². The van der Waals surface area contributed by atoms with E-state index in [1.54, 1.807) is 7.11 Å². The minimum Gasteiger partial charge on any atom is -0.496 e. The lowest BCUT2D eigenvalue weighted by Gasteiger charge is -2.25. The normalized spacial score (nSPS) is 12.5. The van der Waals surface area contributed by atoms with Gasteiger partial charge in [0.2, 0.25) is 0 Å². The maximum atomic E-state index is 5.69. The van der Waals surface area contributed by atoms with Crippen molar-refractivity contribution in [1.29, 1.82) is 0 Å². The van der Waals surface area contributed by atoms with Gasteiger partial charge in [0.05, 0.1) is 7.11 Å². The van der Waals surface area contributed by atoms with E-state index >= 15 is 0 Å². The lowest BCUT2D eigenvalue weighted by atomic mass is 9.93. The molecule has 0 aliphatic carbocycles. The first-order valence-corrected chi connectivity index (χ1v) is 8.43. The Hall–Kier alpha value is -0.540. The molecular weight excluding hydrogens is 314 g/mol. The fourth-order valence-corrected chi connectivity index (χ4v) is 3.20. The number of unbranched alkanes of at least 4 members (excludes halogenated alkanes) is 1. The molecule has 0 spiro atoms. The van der Waals surface area contributed by atoms with Crippen molar-refractivity contribution in [3.63, 3.8) is 0 Å². The number of ether oxygens (including phenoxy) is 1. The molecule has 0 saturated carbocycles. The second-order valence-electron chi connectivity index (χ2n) is 5.40. The quantitative estimate of drug-likeness (QED) is 0.692. The van der Waals surface area contributed by atoms with Gasteiger partial charge in [-0.25, -0.2) is 0 Å².